The summed E-state index contributed by atoms with van der Waals surface area (Å²) in [6, 6.07) is 10.8. The van der Waals surface area contributed by atoms with Gasteiger partial charge in [0.2, 0.25) is 0 Å². The molecule has 1 unspecified atom stereocenters. The Morgan fingerprint density at radius 3 is 2.79 bits per heavy atom. The van der Waals surface area contributed by atoms with Crippen LogP contribution in [0.3, 0.4) is 0 Å². The van der Waals surface area contributed by atoms with Crippen LogP contribution in [0, 0.1) is 0 Å². The SMILES string of the molecule is COc1cc(C(=O)NC2CCOc3ccccc32)cc(Cl)c1OC. The van der Waals surface area contributed by atoms with Crippen LogP contribution >= 0.6 is 11.6 Å². The molecular formula is C18H18ClNO4. The topological polar surface area (TPSA) is 56.8 Å². The predicted molar refractivity (Wildman–Crippen MR) is 91.3 cm³/mol. The van der Waals surface area contributed by atoms with Crippen LogP contribution in [-0.2, 0) is 0 Å². The van der Waals surface area contributed by atoms with E-state index in [9.17, 15) is 4.79 Å². The van der Waals surface area contributed by atoms with Gasteiger partial charge in [0, 0.05) is 17.5 Å². The number of methoxy groups -OCH3 is 2. The molecule has 0 aromatic heterocycles. The van der Waals surface area contributed by atoms with E-state index in [-0.39, 0.29) is 11.9 Å². The fraction of sp³-hybridized carbons (Fsp3) is 0.278. The first-order chi connectivity index (χ1) is 11.6. The summed E-state index contributed by atoms with van der Waals surface area (Å²) in [4.78, 5) is 12.6. The van der Waals surface area contributed by atoms with E-state index in [2.05, 4.69) is 5.32 Å². The fourth-order valence-electron chi connectivity index (χ4n) is 2.78. The largest absolute Gasteiger partial charge is 0.493 e. The molecule has 3 rings (SSSR count). The number of benzene rings is 2. The van der Waals surface area contributed by atoms with Gasteiger partial charge in [-0.15, -0.1) is 0 Å². The van der Waals surface area contributed by atoms with Crippen molar-refractivity contribution in [2.24, 2.45) is 0 Å². The van der Waals surface area contributed by atoms with Crippen LogP contribution in [-0.4, -0.2) is 26.7 Å². The lowest BCUT2D eigenvalue weighted by Crippen LogP contribution is -2.32. The molecule has 2 aromatic carbocycles. The summed E-state index contributed by atoms with van der Waals surface area (Å²) in [6.07, 6.45) is 0.712. The second-order valence-corrected chi connectivity index (χ2v) is 5.80. The number of amides is 1. The molecule has 1 atom stereocenters. The van der Waals surface area contributed by atoms with Crippen LogP contribution in [0.2, 0.25) is 5.02 Å². The lowest BCUT2D eigenvalue weighted by molar-refractivity contribution is 0.0924. The first-order valence-corrected chi connectivity index (χ1v) is 7.96. The molecule has 0 radical (unpaired) electrons. The van der Waals surface area contributed by atoms with Crippen molar-refractivity contribution in [1.82, 2.24) is 5.32 Å². The maximum atomic E-state index is 12.6. The highest BCUT2D eigenvalue weighted by Crippen LogP contribution is 2.36. The number of ether oxygens (including phenoxy) is 3. The van der Waals surface area contributed by atoms with Crippen LogP contribution in [0.4, 0.5) is 0 Å². The van der Waals surface area contributed by atoms with Crippen molar-refractivity contribution in [3.63, 3.8) is 0 Å². The monoisotopic (exact) mass is 347 g/mol. The Balaban J connectivity index is 1.85. The Bertz CT molecular complexity index is 763. The van der Waals surface area contributed by atoms with Gasteiger partial charge in [0.25, 0.3) is 5.91 Å². The first kappa shape index (κ1) is 16.5. The van der Waals surface area contributed by atoms with E-state index in [1.807, 2.05) is 24.3 Å². The molecular weight excluding hydrogens is 330 g/mol. The predicted octanol–water partition coefficient (Wildman–Crippen LogP) is 3.61. The van der Waals surface area contributed by atoms with Gasteiger partial charge in [-0.25, -0.2) is 0 Å². The number of carbonyl (C=O) groups excluding carboxylic acids is 1. The van der Waals surface area contributed by atoms with Gasteiger partial charge < -0.3 is 19.5 Å². The highest BCUT2D eigenvalue weighted by atomic mass is 35.5. The molecule has 6 heteroatoms. The number of carbonyl (C=O) groups is 1. The zero-order chi connectivity index (χ0) is 17.1. The van der Waals surface area contributed by atoms with E-state index in [1.165, 1.54) is 14.2 Å². The lowest BCUT2D eigenvalue weighted by atomic mass is 10.00. The Kier molecular flexibility index (Phi) is 4.81. The van der Waals surface area contributed by atoms with Crippen molar-refractivity contribution in [1.29, 1.82) is 0 Å². The van der Waals surface area contributed by atoms with Gasteiger partial charge in [0.05, 0.1) is 31.9 Å². The third kappa shape index (κ3) is 3.12. The molecule has 1 heterocycles. The fourth-order valence-corrected chi connectivity index (χ4v) is 3.07. The molecule has 126 valence electrons. The zero-order valence-electron chi connectivity index (χ0n) is 13.5. The summed E-state index contributed by atoms with van der Waals surface area (Å²) in [5.74, 6) is 1.41. The van der Waals surface area contributed by atoms with Gasteiger partial charge in [-0.05, 0) is 18.2 Å². The molecule has 24 heavy (non-hydrogen) atoms. The number of halogens is 1. The third-order valence-corrected chi connectivity index (χ3v) is 4.24. The minimum absolute atomic E-state index is 0.102. The van der Waals surface area contributed by atoms with Crippen LogP contribution in [0.25, 0.3) is 0 Å². The summed E-state index contributed by atoms with van der Waals surface area (Å²) >= 11 is 6.18. The average molecular weight is 348 g/mol. The zero-order valence-corrected chi connectivity index (χ0v) is 14.2. The molecule has 1 amide bonds. The molecule has 1 aliphatic rings. The number of hydrogen-bond acceptors (Lipinski definition) is 4. The Morgan fingerprint density at radius 2 is 2.04 bits per heavy atom. The number of hydrogen-bond donors (Lipinski definition) is 1. The molecule has 0 saturated carbocycles. The van der Waals surface area contributed by atoms with Gasteiger partial charge in [-0.3, -0.25) is 4.79 Å². The molecule has 2 aromatic rings. The van der Waals surface area contributed by atoms with Gasteiger partial charge in [0.15, 0.2) is 11.5 Å². The van der Waals surface area contributed by atoms with Gasteiger partial charge in [-0.2, -0.15) is 0 Å². The van der Waals surface area contributed by atoms with E-state index in [4.69, 9.17) is 25.8 Å². The van der Waals surface area contributed by atoms with E-state index >= 15 is 0 Å². The molecule has 0 spiro atoms. The summed E-state index contributed by atoms with van der Waals surface area (Å²) in [6.45, 7) is 0.564. The molecule has 0 bridgehead atoms. The Labute approximate surface area is 145 Å². The minimum Gasteiger partial charge on any atom is -0.493 e. The van der Waals surface area contributed by atoms with Gasteiger partial charge in [-0.1, -0.05) is 29.8 Å². The van der Waals surface area contributed by atoms with Crippen molar-refractivity contribution >= 4 is 17.5 Å². The molecule has 5 nitrogen and oxygen atoms in total. The standard InChI is InChI=1S/C18H18ClNO4/c1-22-16-10-11(9-13(19)17(16)23-2)18(21)20-14-7-8-24-15-6-4-3-5-12(14)15/h3-6,9-10,14H,7-8H2,1-2H3,(H,20,21). The summed E-state index contributed by atoms with van der Waals surface area (Å²) in [7, 11) is 3.01. The van der Waals surface area contributed by atoms with Crippen molar-refractivity contribution in [3.8, 4) is 17.2 Å². The van der Waals surface area contributed by atoms with Crippen LogP contribution in [0.1, 0.15) is 28.4 Å². The average Bonchev–Trinajstić information content (AvgIpc) is 2.61. The number of nitrogens with one attached hydrogen (secondary N) is 1. The smallest absolute Gasteiger partial charge is 0.251 e. The molecule has 1 N–H and O–H groups in total. The van der Waals surface area contributed by atoms with E-state index < -0.39 is 0 Å². The van der Waals surface area contributed by atoms with Crippen molar-refractivity contribution in [2.75, 3.05) is 20.8 Å². The maximum Gasteiger partial charge on any atom is 0.251 e. The Hall–Kier alpha value is -2.40. The van der Waals surface area contributed by atoms with E-state index in [0.29, 0.717) is 35.1 Å². The molecule has 0 aliphatic carbocycles. The van der Waals surface area contributed by atoms with E-state index in [1.54, 1.807) is 12.1 Å². The lowest BCUT2D eigenvalue weighted by Gasteiger charge is -2.26. The summed E-state index contributed by atoms with van der Waals surface area (Å²) in [5, 5.41) is 3.36. The maximum absolute atomic E-state index is 12.6. The van der Waals surface area contributed by atoms with Gasteiger partial charge in [0.1, 0.15) is 5.75 Å². The summed E-state index contributed by atoms with van der Waals surface area (Å²) in [5.41, 5.74) is 1.39. The number of para-hydroxylation sites is 1. The van der Waals surface area contributed by atoms with Crippen molar-refractivity contribution in [3.05, 3.63) is 52.5 Å². The molecule has 0 saturated heterocycles. The highest BCUT2D eigenvalue weighted by Gasteiger charge is 2.24. The quantitative estimate of drug-likeness (QED) is 0.918. The van der Waals surface area contributed by atoms with Crippen molar-refractivity contribution in [2.45, 2.75) is 12.5 Å². The molecule has 0 fully saturated rings. The second kappa shape index (κ2) is 7.01. The third-order valence-electron chi connectivity index (χ3n) is 3.96. The Morgan fingerprint density at radius 1 is 1.25 bits per heavy atom. The van der Waals surface area contributed by atoms with Gasteiger partial charge >= 0.3 is 0 Å². The minimum atomic E-state index is -0.223. The van der Waals surface area contributed by atoms with Crippen LogP contribution in [0.5, 0.6) is 17.2 Å². The van der Waals surface area contributed by atoms with E-state index in [0.717, 1.165) is 11.3 Å². The second-order valence-electron chi connectivity index (χ2n) is 5.39. The number of rotatable bonds is 4. The van der Waals surface area contributed by atoms with Crippen molar-refractivity contribution < 1.29 is 19.0 Å². The first-order valence-electron chi connectivity index (χ1n) is 7.58. The summed E-state index contributed by atoms with van der Waals surface area (Å²) < 4.78 is 16.1. The van der Waals surface area contributed by atoms with Crippen LogP contribution < -0.4 is 19.5 Å². The van der Waals surface area contributed by atoms with Crippen LogP contribution in [0.15, 0.2) is 36.4 Å². The normalized spacial score (nSPS) is 15.9. The molecule has 1 aliphatic heterocycles. The number of fused-ring (bicyclic) bond motifs is 1. The highest BCUT2D eigenvalue weighted by molar-refractivity contribution is 6.32.